The second kappa shape index (κ2) is 13.4. The van der Waals surface area contributed by atoms with Crippen LogP contribution in [0.3, 0.4) is 0 Å². The Labute approximate surface area is 255 Å². The fourth-order valence-corrected chi connectivity index (χ4v) is 5.31. The van der Waals surface area contributed by atoms with Crippen LogP contribution in [0.2, 0.25) is 0 Å². The topological polar surface area (TPSA) is 114 Å². The Morgan fingerprint density at radius 2 is 1.86 bits per heavy atom. The summed E-state index contributed by atoms with van der Waals surface area (Å²) in [5, 5.41) is 18.2. The summed E-state index contributed by atoms with van der Waals surface area (Å²) < 4.78 is 48.0. The number of aliphatic imine (C=N–C) groups is 1. The molecular weight excluding hydrogens is 597 g/mol. The molecule has 1 atom stereocenters. The molecule has 5 rings (SSSR count). The predicted octanol–water partition coefficient (Wildman–Crippen LogP) is 5.83. The van der Waals surface area contributed by atoms with E-state index in [0.717, 1.165) is 35.2 Å². The van der Waals surface area contributed by atoms with Gasteiger partial charge in [-0.3, -0.25) is 9.69 Å². The highest BCUT2D eigenvalue weighted by Crippen LogP contribution is 2.32. The van der Waals surface area contributed by atoms with Gasteiger partial charge >= 0.3 is 12.4 Å². The van der Waals surface area contributed by atoms with Gasteiger partial charge in [0, 0.05) is 5.69 Å². The number of nitrogens with one attached hydrogen (secondary N) is 1. The highest BCUT2D eigenvalue weighted by Gasteiger charge is 2.32. The Morgan fingerprint density at radius 3 is 2.57 bits per heavy atom. The number of halogens is 3. The van der Waals surface area contributed by atoms with E-state index >= 15 is 0 Å². The summed E-state index contributed by atoms with van der Waals surface area (Å²) in [6.45, 7) is 4.21. The minimum atomic E-state index is -4.77. The van der Waals surface area contributed by atoms with Crippen LogP contribution in [0.25, 0.3) is 5.69 Å². The van der Waals surface area contributed by atoms with Gasteiger partial charge < -0.3 is 19.9 Å². The summed E-state index contributed by atoms with van der Waals surface area (Å²) >= 11 is 1.28. The first-order valence-corrected chi connectivity index (χ1v) is 14.6. The fourth-order valence-electron chi connectivity index (χ4n) is 4.43. The first-order valence-electron chi connectivity index (χ1n) is 13.7. The van der Waals surface area contributed by atoms with Crippen LogP contribution in [0.1, 0.15) is 30.0 Å². The van der Waals surface area contributed by atoms with Gasteiger partial charge in [-0.15, -0.1) is 18.3 Å². The minimum absolute atomic E-state index is 0.0814. The number of aliphatic hydroxyl groups is 1. The quantitative estimate of drug-likeness (QED) is 0.200. The van der Waals surface area contributed by atoms with Gasteiger partial charge in [-0.1, -0.05) is 49.4 Å². The number of hydrogen-bond acceptors (Lipinski definition) is 9. The van der Waals surface area contributed by atoms with Crippen molar-refractivity contribution in [1.82, 2.24) is 14.8 Å². The number of ether oxygens (including phenoxy) is 2. The number of amides is 1. The number of anilines is 2. The summed E-state index contributed by atoms with van der Waals surface area (Å²) in [7, 11) is 0. The highest BCUT2D eigenvalue weighted by molar-refractivity contribution is 8.15. The fraction of sp³-hybridized carbons (Fsp3) is 0.267. The number of thioether (sulfide) groups is 1. The van der Waals surface area contributed by atoms with E-state index in [1.165, 1.54) is 47.0 Å². The van der Waals surface area contributed by atoms with Crippen LogP contribution >= 0.6 is 11.8 Å². The van der Waals surface area contributed by atoms with Gasteiger partial charge in [-0.05, 0) is 72.5 Å². The van der Waals surface area contributed by atoms with Gasteiger partial charge in [-0.2, -0.15) is 4.98 Å². The van der Waals surface area contributed by atoms with Crippen LogP contribution < -0.4 is 19.7 Å². The number of aliphatic hydroxyl groups excluding tert-OH is 1. The first kappa shape index (κ1) is 30.9. The van der Waals surface area contributed by atoms with Crippen molar-refractivity contribution in [2.75, 3.05) is 16.0 Å². The second-order valence-electron chi connectivity index (χ2n) is 9.83. The van der Waals surface area contributed by atoms with Gasteiger partial charge in [0.05, 0.1) is 17.1 Å². The lowest BCUT2D eigenvalue weighted by atomic mass is 10.0. The van der Waals surface area contributed by atoms with Gasteiger partial charge in [0.2, 0.25) is 12.3 Å². The van der Waals surface area contributed by atoms with E-state index in [0.29, 0.717) is 16.5 Å². The van der Waals surface area contributed by atoms with Crippen LogP contribution in [0.15, 0.2) is 78.0 Å². The molecule has 1 aromatic heterocycles. The Kier molecular flexibility index (Phi) is 9.40. The molecule has 0 spiro atoms. The smallest absolute Gasteiger partial charge is 0.458 e. The molecule has 0 bridgehead atoms. The summed E-state index contributed by atoms with van der Waals surface area (Å²) in [6, 6.07) is 18.4. The number of aryl methyl sites for hydroxylation is 2. The summed E-state index contributed by atoms with van der Waals surface area (Å²) in [6.07, 6.45) is -2.91. The van der Waals surface area contributed by atoms with Crippen LogP contribution in [0.5, 0.6) is 11.8 Å². The molecule has 1 aliphatic heterocycles. The van der Waals surface area contributed by atoms with E-state index in [-0.39, 0.29) is 30.0 Å². The minimum Gasteiger partial charge on any atom is -0.458 e. The van der Waals surface area contributed by atoms with Crippen molar-refractivity contribution in [2.24, 2.45) is 4.99 Å². The second-order valence-corrected chi connectivity index (χ2v) is 10.8. The Morgan fingerprint density at radius 1 is 1.11 bits per heavy atom. The molecule has 2 heterocycles. The van der Waals surface area contributed by atoms with E-state index in [2.05, 4.69) is 32.1 Å². The highest BCUT2D eigenvalue weighted by atomic mass is 32.2. The number of rotatable bonds is 11. The molecule has 0 saturated carbocycles. The largest absolute Gasteiger partial charge is 0.573 e. The number of carbonyl (C=O) groups excluding carboxylic acids is 1. The van der Waals surface area contributed by atoms with Gasteiger partial charge in [-0.25, -0.2) is 9.67 Å². The SMILES string of the molecule is CCCc1ccc(C)cc1N1C(=O)CS/C1=N\C(O)Nc1ccc(COc2ncn(-c3ccc(OC(F)(F)F)cc3)n2)cc1. The molecule has 230 valence electrons. The summed E-state index contributed by atoms with van der Waals surface area (Å²) in [5.74, 6) is -0.176. The van der Waals surface area contributed by atoms with Gasteiger partial charge in [0.15, 0.2) is 5.17 Å². The molecule has 3 aromatic carbocycles. The van der Waals surface area contributed by atoms with Crippen LogP contribution in [-0.4, -0.2) is 49.4 Å². The molecule has 1 unspecified atom stereocenters. The molecule has 0 radical (unpaired) electrons. The average molecular weight is 627 g/mol. The third kappa shape index (κ3) is 7.88. The van der Waals surface area contributed by atoms with E-state index in [1.807, 2.05) is 25.1 Å². The van der Waals surface area contributed by atoms with Crippen LogP contribution in [0.4, 0.5) is 24.5 Å². The maximum atomic E-state index is 12.8. The maximum absolute atomic E-state index is 12.8. The maximum Gasteiger partial charge on any atom is 0.573 e. The molecule has 10 nitrogen and oxygen atoms in total. The van der Waals surface area contributed by atoms with E-state index in [1.54, 1.807) is 29.2 Å². The third-order valence-corrected chi connectivity index (χ3v) is 7.36. The molecule has 44 heavy (non-hydrogen) atoms. The number of nitrogens with zero attached hydrogens (tertiary/aromatic N) is 5. The molecule has 4 aromatic rings. The number of hydrogen-bond donors (Lipinski definition) is 2. The zero-order valence-electron chi connectivity index (χ0n) is 23.8. The van der Waals surface area contributed by atoms with Crippen LogP contribution in [0, 0.1) is 6.92 Å². The standard InChI is InChI=1S/C30H29F3N6O4S/c1-3-4-21-8-5-19(2)15-25(21)39-26(40)17-44-29(39)36-27(41)35-22-9-6-20(7-10-22)16-42-28-34-18-38(37-28)23-11-13-24(14-12-23)43-30(31,32)33/h5-15,18,27,35,41H,3-4,16-17H2,1-2H3/b36-29-. The molecule has 14 heteroatoms. The van der Waals surface area contributed by atoms with Crippen LogP contribution in [-0.2, 0) is 17.8 Å². The molecule has 2 N–H and O–H groups in total. The molecular formula is C30H29F3N6O4S. The Bertz CT molecular complexity index is 1630. The van der Waals surface area contributed by atoms with E-state index in [9.17, 15) is 23.1 Å². The number of carbonyl (C=O) groups is 1. The summed E-state index contributed by atoms with van der Waals surface area (Å²) in [5.41, 5.74) is 4.76. The molecule has 0 aliphatic carbocycles. The van der Waals surface area contributed by atoms with Gasteiger partial charge in [0.1, 0.15) is 18.7 Å². The zero-order chi connectivity index (χ0) is 31.3. The normalized spacial score (nSPS) is 15.1. The predicted molar refractivity (Wildman–Crippen MR) is 161 cm³/mol. The van der Waals surface area contributed by atoms with Crippen molar-refractivity contribution < 1.29 is 32.5 Å². The number of benzene rings is 3. The zero-order valence-corrected chi connectivity index (χ0v) is 24.6. The lowest BCUT2D eigenvalue weighted by Gasteiger charge is -2.21. The van der Waals surface area contributed by atoms with Crippen molar-refractivity contribution in [3.63, 3.8) is 0 Å². The van der Waals surface area contributed by atoms with Crippen molar-refractivity contribution in [3.8, 4) is 17.4 Å². The number of alkyl halides is 3. The van der Waals surface area contributed by atoms with E-state index < -0.39 is 12.7 Å². The first-order chi connectivity index (χ1) is 21.1. The molecule has 1 saturated heterocycles. The number of amidine groups is 1. The lowest BCUT2D eigenvalue weighted by molar-refractivity contribution is -0.274. The van der Waals surface area contributed by atoms with E-state index in [4.69, 9.17) is 4.74 Å². The molecule has 1 amide bonds. The molecule has 1 aliphatic rings. The average Bonchev–Trinajstić information content (AvgIpc) is 3.60. The molecule has 1 fully saturated rings. The van der Waals surface area contributed by atoms with Crippen molar-refractivity contribution >= 4 is 34.2 Å². The number of aromatic nitrogens is 3. The van der Waals surface area contributed by atoms with Gasteiger partial charge in [0.25, 0.3) is 0 Å². The van der Waals surface area contributed by atoms with Crippen molar-refractivity contribution in [1.29, 1.82) is 0 Å². The lowest BCUT2D eigenvalue weighted by Crippen LogP contribution is -2.32. The Hall–Kier alpha value is -4.56. The third-order valence-electron chi connectivity index (χ3n) is 6.42. The summed E-state index contributed by atoms with van der Waals surface area (Å²) in [4.78, 5) is 22.8. The monoisotopic (exact) mass is 626 g/mol. The Balaban J connectivity index is 1.17. The van der Waals surface area contributed by atoms with Crippen molar-refractivity contribution in [3.05, 3.63) is 89.7 Å². The van der Waals surface area contributed by atoms with Crippen molar-refractivity contribution in [2.45, 2.75) is 46.0 Å².